The van der Waals surface area contributed by atoms with E-state index in [0.717, 1.165) is 4.90 Å². The van der Waals surface area contributed by atoms with Crippen LogP contribution in [0.15, 0.2) is 46.4 Å². The van der Waals surface area contributed by atoms with Crippen molar-refractivity contribution in [2.75, 3.05) is 11.5 Å². The summed E-state index contributed by atoms with van der Waals surface area (Å²) in [7, 11) is 0. The molecule has 3 rings (SSSR count). The van der Waals surface area contributed by atoms with Gasteiger partial charge in [-0.2, -0.15) is 0 Å². The maximum Gasteiger partial charge on any atom is 0.335 e. The summed E-state index contributed by atoms with van der Waals surface area (Å²) < 4.78 is 6.18. The number of urea groups is 1. The minimum Gasteiger partial charge on any atom is -0.494 e. The van der Waals surface area contributed by atoms with Crippen molar-refractivity contribution in [2.45, 2.75) is 6.92 Å². The molecule has 0 aliphatic carbocycles. The molecule has 1 aliphatic heterocycles. The molecule has 1 N–H and O–H groups in total. The Morgan fingerprint density at radius 2 is 1.86 bits per heavy atom. The van der Waals surface area contributed by atoms with Crippen molar-refractivity contribution in [1.29, 1.82) is 0 Å². The summed E-state index contributed by atoms with van der Waals surface area (Å²) in [6, 6.07) is 8.60. The number of anilines is 1. The van der Waals surface area contributed by atoms with Crippen LogP contribution in [-0.2, 0) is 9.59 Å². The largest absolute Gasteiger partial charge is 0.494 e. The summed E-state index contributed by atoms with van der Waals surface area (Å²) in [6.07, 6.45) is 1.39. The molecule has 28 heavy (non-hydrogen) atoms. The van der Waals surface area contributed by atoms with Crippen LogP contribution in [0.1, 0.15) is 12.5 Å². The van der Waals surface area contributed by atoms with Crippen molar-refractivity contribution in [3.63, 3.8) is 0 Å². The fraction of sp³-hybridized carbons (Fsp3) is 0.105. The van der Waals surface area contributed by atoms with Gasteiger partial charge >= 0.3 is 6.03 Å². The number of rotatable bonds is 4. The molecule has 1 aliphatic rings. The molecule has 0 spiro atoms. The van der Waals surface area contributed by atoms with E-state index in [1.54, 1.807) is 18.2 Å². The highest BCUT2D eigenvalue weighted by Gasteiger charge is 2.37. The standard InChI is InChI=1S/C19H13BrCl2N2O4/c1-2-28-13-6-10(5-11(20)8-13)7-14-17(25)23-19(27)24(18(14)26)12-3-4-15(21)16(22)9-12/h3-9H,2H2,1H3,(H,23,25,27)/b14-7+. The number of nitrogens with one attached hydrogen (secondary N) is 1. The van der Waals surface area contributed by atoms with Gasteiger partial charge in [-0.05, 0) is 55.0 Å². The highest BCUT2D eigenvalue weighted by atomic mass is 79.9. The van der Waals surface area contributed by atoms with Gasteiger partial charge in [0.15, 0.2) is 0 Å². The lowest BCUT2D eigenvalue weighted by Gasteiger charge is -2.26. The van der Waals surface area contributed by atoms with Crippen molar-refractivity contribution >= 4 is 68.7 Å². The minimum absolute atomic E-state index is 0.176. The predicted octanol–water partition coefficient (Wildman–Crippen LogP) is 4.82. The number of ether oxygens (including phenoxy) is 1. The second-order valence-electron chi connectivity index (χ2n) is 5.71. The van der Waals surface area contributed by atoms with E-state index in [0.29, 0.717) is 22.4 Å². The molecule has 2 aromatic carbocycles. The van der Waals surface area contributed by atoms with Crippen LogP contribution < -0.4 is 15.0 Å². The Labute approximate surface area is 179 Å². The third kappa shape index (κ3) is 4.22. The van der Waals surface area contributed by atoms with Gasteiger partial charge in [-0.3, -0.25) is 14.9 Å². The number of hydrogen-bond acceptors (Lipinski definition) is 4. The first-order chi connectivity index (χ1) is 13.3. The first kappa shape index (κ1) is 20.4. The third-order valence-corrected chi connectivity index (χ3v) is 4.98. The maximum absolute atomic E-state index is 12.9. The monoisotopic (exact) mass is 482 g/mol. The molecule has 1 fully saturated rings. The number of carbonyl (C=O) groups excluding carboxylic acids is 3. The van der Waals surface area contributed by atoms with Crippen LogP contribution >= 0.6 is 39.1 Å². The lowest BCUT2D eigenvalue weighted by Crippen LogP contribution is -2.54. The van der Waals surface area contributed by atoms with Crippen molar-refractivity contribution < 1.29 is 19.1 Å². The van der Waals surface area contributed by atoms with E-state index in [1.165, 1.54) is 24.3 Å². The molecule has 4 amide bonds. The van der Waals surface area contributed by atoms with E-state index in [-0.39, 0.29) is 21.3 Å². The van der Waals surface area contributed by atoms with Crippen LogP contribution in [0.3, 0.4) is 0 Å². The second kappa shape index (κ2) is 8.34. The van der Waals surface area contributed by atoms with E-state index in [9.17, 15) is 14.4 Å². The molecule has 0 saturated carbocycles. The maximum atomic E-state index is 12.9. The predicted molar refractivity (Wildman–Crippen MR) is 111 cm³/mol. The SMILES string of the molecule is CCOc1cc(Br)cc(/C=C2\C(=O)NC(=O)N(c3ccc(Cl)c(Cl)c3)C2=O)c1. The van der Waals surface area contributed by atoms with Gasteiger partial charge in [-0.15, -0.1) is 0 Å². The number of nitrogens with zero attached hydrogens (tertiary/aromatic N) is 1. The van der Waals surface area contributed by atoms with Crippen molar-refractivity contribution in [3.8, 4) is 5.75 Å². The van der Waals surface area contributed by atoms with Gasteiger partial charge in [0.1, 0.15) is 11.3 Å². The van der Waals surface area contributed by atoms with Crippen LogP contribution in [0.4, 0.5) is 10.5 Å². The molecule has 0 atom stereocenters. The summed E-state index contributed by atoms with van der Waals surface area (Å²) in [5, 5.41) is 2.61. The third-order valence-electron chi connectivity index (χ3n) is 3.78. The van der Waals surface area contributed by atoms with Crippen molar-refractivity contribution in [1.82, 2.24) is 5.32 Å². The average Bonchev–Trinajstić information content (AvgIpc) is 2.61. The fourth-order valence-electron chi connectivity index (χ4n) is 2.60. The Hall–Kier alpha value is -2.35. The average molecular weight is 484 g/mol. The van der Waals surface area contributed by atoms with Crippen LogP contribution in [0, 0.1) is 0 Å². The van der Waals surface area contributed by atoms with Crippen molar-refractivity contribution in [3.05, 3.63) is 62.1 Å². The van der Waals surface area contributed by atoms with E-state index in [1.807, 2.05) is 6.92 Å². The Kier molecular flexibility index (Phi) is 6.07. The Morgan fingerprint density at radius 3 is 2.54 bits per heavy atom. The first-order valence-electron chi connectivity index (χ1n) is 8.10. The van der Waals surface area contributed by atoms with E-state index >= 15 is 0 Å². The lowest BCUT2D eigenvalue weighted by molar-refractivity contribution is -0.122. The van der Waals surface area contributed by atoms with Gasteiger partial charge in [-0.25, -0.2) is 9.69 Å². The summed E-state index contributed by atoms with van der Waals surface area (Å²) >= 11 is 15.2. The number of benzene rings is 2. The smallest absolute Gasteiger partial charge is 0.335 e. The number of halogens is 3. The number of carbonyl (C=O) groups is 3. The zero-order chi connectivity index (χ0) is 20.4. The fourth-order valence-corrected chi connectivity index (χ4v) is 3.38. The Bertz CT molecular complexity index is 1020. The highest BCUT2D eigenvalue weighted by molar-refractivity contribution is 9.10. The molecule has 0 bridgehead atoms. The number of imide groups is 2. The van der Waals surface area contributed by atoms with Crippen molar-refractivity contribution in [2.24, 2.45) is 0 Å². The van der Waals surface area contributed by atoms with Gasteiger partial charge in [0.2, 0.25) is 0 Å². The quantitative estimate of drug-likeness (QED) is 0.499. The lowest BCUT2D eigenvalue weighted by atomic mass is 10.1. The van der Waals surface area contributed by atoms with Crippen LogP contribution in [0.2, 0.25) is 10.0 Å². The van der Waals surface area contributed by atoms with E-state index in [4.69, 9.17) is 27.9 Å². The Balaban J connectivity index is 2.02. The van der Waals surface area contributed by atoms with Gasteiger partial charge < -0.3 is 4.74 Å². The molecule has 0 unspecified atom stereocenters. The zero-order valence-electron chi connectivity index (χ0n) is 14.5. The highest BCUT2D eigenvalue weighted by Crippen LogP contribution is 2.30. The normalized spacial score (nSPS) is 15.8. The van der Waals surface area contributed by atoms with Crippen LogP contribution in [-0.4, -0.2) is 24.5 Å². The summed E-state index contributed by atoms with van der Waals surface area (Å²) in [4.78, 5) is 38.3. The summed E-state index contributed by atoms with van der Waals surface area (Å²) in [6.45, 7) is 2.31. The zero-order valence-corrected chi connectivity index (χ0v) is 17.6. The van der Waals surface area contributed by atoms with Gasteiger partial charge in [0.05, 0.1) is 22.3 Å². The topological polar surface area (TPSA) is 75.7 Å². The molecular formula is C19H13BrCl2N2O4. The van der Waals surface area contributed by atoms with E-state index < -0.39 is 17.8 Å². The molecule has 0 aromatic heterocycles. The molecular weight excluding hydrogens is 471 g/mol. The summed E-state index contributed by atoms with van der Waals surface area (Å²) in [5.74, 6) is -0.987. The van der Waals surface area contributed by atoms with Gasteiger partial charge in [0.25, 0.3) is 11.8 Å². The Morgan fingerprint density at radius 1 is 1.11 bits per heavy atom. The number of amides is 4. The number of hydrogen-bond donors (Lipinski definition) is 1. The van der Waals surface area contributed by atoms with Gasteiger partial charge in [-0.1, -0.05) is 39.1 Å². The molecule has 144 valence electrons. The van der Waals surface area contributed by atoms with Crippen LogP contribution in [0.5, 0.6) is 5.75 Å². The van der Waals surface area contributed by atoms with Crippen LogP contribution in [0.25, 0.3) is 6.08 Å². The molecule has 6 nitrogen and oxygen atoms in total. The van der Waals surface area contributed by atoms with E-state index in [2.05, 4.69) is 21.2 Å². The molecule has 2 aromatic rings. The molecule has 1 saturated heterocycles. The summed E-state index contributed by atoms with van der Waals surface area (Å²) in [5.41, 5.74) is 0.547. The molecule has 0 radical (unpaired) electrons. The minimum atomic E-state index is -0.866. The molecule has 1 heterocycles. The first-order valence-corrected chi connectivity index (χ1v) is 9.65. The molecule has 9 heteroatoms. The second-order valence-corrected chi connectivity index (χ2v) is 7.44. The number of barbiturate groups is 1. The van der Waals surface area contributed by atoms with Gasteiger partial charge in [0, 0.05) is 4.47 Å².